The number of hydrogen-bond acceptors (Lipinski definition) is 4. The van der Waals surface area contributed by atoms with Gasteiger partial charge in [0.05, 0.1) is 12.5 Å². The number of carbonyl (C=O) groups excluding carboxylic acids is 1. The third-order valence-corrected chi connectivity index (χ3v) is 3.38. The van der Waals surface area contributed by atoms with Crippen LogP contribution in [0.2, 0.25) is 0 Å². The number of pyridine rings is 1. The Morgan fingerprint density at radius 1 is 1.32 bits per heavy atom. The molecule has 0 aliphatic heterocycles. The van der Waals surface area contributed by atoms with Crippen molar-refractivity contribution in [2.75, 3.05) is 6.61 Å². The van der Waals surface area contributed by atoms with Gasteiger partial charge >= 0.3 is 5.97 Å². The molecule has 4 heteroatoms. The van der Waals surface area contributed by atoms with Gasteiger partial charge in [-0.2, -0.15) is 0 Å². The average Bonchev–Trinajstić information content (AvgIpc) is 2.46. The summed E-state index contributed by atoms with van der Waals surface area (Å²) in [6.07, 6.45) is 6.25. The molecule has 4 nitrogen and oxygen atoms in total. The summed E-state index contributed by atoms with van der Waals surface area (Å²) in [7, 11) is 0. The van der Waals surface area contributed by atoms with Gasteiger partial charge in [0.25, 0.3) is 0 Å². The van der Waals surface area contributed by atoms with Crippen LogP contribution < -0.4 is 4.74 Å². The number of aromatic nitrogens is 1. The summed E-state index contributed by atoms with van der Waals surface area (Å²) >= 11 is 0. The fourth-order valence-corrected chi connectivity index (χ4v) is 2.32. The molecular weight excluding hydrogens is 242 g/mol. The summed E-state index contributed by atoms with van der Waals surface area (Å²) in [5.74, 6) is 0.674. The lowest BCUT2D eigenvalue weighted by molar-refractivity contribution is -0.150. The van der Waals surface area contributed by atoms with E-state index in [-0.39, 0.29) is 18.0 Å². The standard InChI is InChI=1S/C15H21NO3/c1-2-11-18-15(17)12-6-8-13(9-7-12)19-14-5-3-4-10-16-14/h3-5,10,12-13H,2,6-9,11H2,1H3. The van der Waals surface area contributed by atoms with E-state index in [9.17, 15) is 4.79 Å². The van der Waals surface area contributed by atoms with Gasteiger partial charge in [-0.05, 0) is 38.2 Å². The third-order valence-electron chi connectivity index (χ3n) is 3.38. The highest BCUT2D eigenvalue weighted by Gasteiger charge is 2.28. The van der Waals surface area contributed by atoms with Gasteiger partial charge in [-0.15, -0.1) is 0 Å². The van der Waals surface area contributed by atoms with Crippen molar-refractivity contribution in [2.45, 2.75) is 45.1 Å². The quantitative estimate of drug-likeness (QED) is 0.766. The molecule has 1 aromatic heterocycles. The van der Waals surface area contributed by atoms with Crippen LogP contribution in [-0.2, 0) is 9.53 Å². The molecule has 0 bridgehead atoms. The van der Waals surface area contributed by atoms with Crippen LogP contribution in [0.15, 0.2) is 24.4 Å². The van der Waals surface area contributed by atoms with Crippen molar-refractivity contribution in [1.29, 1.82) is 0 Å². The molecule has 1 heterocycles. The zero-order valence-electron chi connectivity index (χ0n) is 11.4. The van der Waals surface area contributed by atoms with Gasteiger partial charge in [0, 0.05) is 12.3 Å². The van der Waals surface area contributed by atoms with Gasteiger partial charge in [-0.3, -0.25) is 4.79 Å². The van der Waals surface area contributed by atoms with E-state index in [1.165, 1.54) is 0 Å². The predicted octanol–water partition coefficient (Wildman–Crippen LogP) is 2.97. The van der Waals surface area contributed by atoms with E-state index >= 15 is 0 Å². The Balaban J connectivity index is 1.75. The zero-order valence-corrected chi connectivity index (χ0v) is 11.4. The Morgan fingerprint density at radius 3 is 2.74 bits per heavy atom. The maximum absolute atomic E-state index is 11.7. The van der Waals surface area contributed by atoms with E-state index in [0.29, 0.717) is 12.5 Å². The topological polar surface area (TPSA) is 48.4 Å². The SMILES string of the molecule is CCCOC(=O)C1CCC(Oc2ccccn2)CC1. The van der Waals surface area contributed by atoms with Gasteiger partial charge in [0.15, 0.2) is 0 Å². The number of ether oxygens (including phenoxy) is 2. The molecule has 0 N–H and O–H groups in total. The van der Waals surface area contributed by atoms with Crippen molar-refractivity contribution in [3.05, 3.63) is 24.4 Å². The molecule has 1 aliphatic carbocycles. The molecule has 1 saturated carbocycles. The van der Waals surface area contributed by atoms with Crippen LogP contribution in [0.3, 0.4) is 0 Å². The summed E-state index contributed by atoms with van der Waals surface area (Å²) in [5, 5.41) is 0. The summed E-state index contributed by atoms with van der Waals surface area (Å²) < 4.78 is 11.0. The van der Waals surface area contributed by atoms with E-state index in [1.807, 2.05) is 25.1 Å². The first kappa shape index (κ1) is 13.8. The second-order valence-corrected chi connectivity index (χ2v) is 4.93. The molecule has 1 fully saturated rings. The number of nitrogens with zero attached hydrogens (tertiary/aromatic N) is 1. The maximum atomic E-state index is 11.7. The van der Waals surface area contributed by atoms with Crippen LogP contribution in [0.4, 0.5) is 0 Å². The predicted molar refractivity (Wildman–Crippen MR) is 71.9 cm³/mol. The first-order valence-electron chi connectivity index (χ1n) is 7.04. The Kier molecular flexibility index (Phi) is 5.19. The molecule has 1 aromatic rings. The van der Waals surface area contributed by atoms with E-state index in [0.717, 1.165) is 32.1 Å². The molecule has 0 aromatic carbocycles. The molecule has 0 saturated heterocycles. The molecule has 2 rings (SSSR count). The Hall–Kier alpha value is -1.58. The second-order valence-electron chi connectivity index (χ2n) is 4.93. The van der Waals surface area contributed by atoms with Gasteiger partial charge in [0.2, 0.25) is 5.88 Å². The first-order valence-corrected chi connectivity index (χ1v) is 7.04. The minimum absolute atomic E-state index is 0.0434. The summed E-state index contributed by atoms with van der Waals surface area (Å²) in [4.78, 5) is 15.9. The van der Waals surface area contributed by atoms with Crippen LogP contribution in [0, 0.1) is 5.92 Å². The smallest absolute Gasteiger partial charge is 0.308 e. The van der Waals surface area contributed by atoms with Gasteiger partial charge < -0.3 is 9.47 Å². The highest BCUT2D eigenvalue weighted by Crippen LogP contribution is 2.27. The summed E-state index contributed by atoms with van der Waals surface area (Å²) in [5.41, 5.74) is 0. The maximum Gasteiger partial charge on any atom is 0.308 e. The van der Waals surface area contributed by atoms with Gasteiger partial charge in [-0.1, -0.05) is 13.0 Å². The lowest BCUT2D eigenvalue weighted by atomic mass is 9.87. The Labute approximate surface area is 114 Å². The normalized spacial score (nSPS) is 22.8. The van der Waals surface area contributed by atoms with E-state index < -0.39 is 0 Å². The van der Waals surface area contributed by atoms with Crippen LogP contribution in [-0.4, -0.2) is 23.7 Å². The van der Waals surface area contributed by atoms with Crippen molar-refractivity contribution >= 4 is 5.97 Å². The van der Waals surface area contributed by atoms with Crippen molar-refractivity contribution in [3.8, 4) is 5.88 Å². The first-order chi connectivity index (χ1) is 9.29. The summed E-state index contributed by atoms with van der Waals surface area (Å²) in [6, 6.07) is 5.64. The average molecular weight is 263 g/mol. The molecule has 0 amide bonds. The van der Waals surface area contributed by atoms with E-state index in [1.54, 1.807) is 6.20 Å². The van der Waals surface area contributed by atoms with E-state index in [2.05, 4.69) is 4.98 Å². The number of carbonyl (C=O) groups is 1. The fraction of sp³-hybridized carbons (Fsp3) is 0.600. The molecule has 0 spiro atoms. The summed E-state index contributed by atoms with van der Waals surface area (Å²) in [6.45, 7) is 2.54. The molecule has 104 valence electrons. The molecular formula is C15H21NO3. The molecule has 19 heavy (non-hydrogen) atoms. The van der Waals surface area contributed by atoms with Crippen molar-refractivity contribution in [2.24, 2.45) is 5.92 Å². The lowest BCUT2D eigenvalue weighted by Gasteiger charge is -2.27. The molecule has 0 atom stereocenters. The van der Waals surface area contributed by atoms with Gasteiger partial charge in [-0.25, -0.2) is 4.98 Å². The van der Waals surface area contributed by atoms with Crippen LogP contribution in [0.5, 0.6) is 5.88 Å². The third kappa shape index (κ3) is 4.23. The van der Waals surface area contributed by atoms with Gasteiger partial charge in [0.1, 0.15) is 6.10 Å². The minimum Gasteiger partial charge on any atom is -0.474 e. The van der Waals surface area contributed by atoms with Crippen LogP contribution in [0.1, 0.15) is 39.0 Å². The lowest BCUT2D eigenvalue weighted by Crippen LogP contribution is -2.29. The van der Waals surface area contributed by atoms with Crippen molar-refractivity contribution < 1.29 is 14.3 Å². The number of hydrogen-bond donors (Lipinski definition) is 0. The largest absolute Gasteiger partial charge is 0.474 e. The number of rotatable bonds is 5. The van der Waals surface area contributed by atoms with Crippen LogP contribution in [0.25, 0.3) is 0 Å². The van der Waals surface area contributed by atoms with Crippen LogP contribution >= 0.6 is 0 Å². The number of esters is 1. The molecule has 0 radical (unpaired) electrons. The highest BCUT2D eigenvalue weighted by molar-refractivity contribution is 5.72. The second kappa shape index (κ2) is 7.12. The molecule has 0 unspecified atom stereocenters. The highest BCUT2D eigenvalue weighted by atomic mass is 16.5. The molecule has 1 aliphatic rings. The fourth-order valence-electron chi connectivity index (χ4n) is 2.32. The minimum atomic E-state index is -0.0434. The zero-order chi connectivity index (χ0) is 13.5. The monoisotopic (exact) mass is 263 g/mol. The van der Waals surface area contributed by atoms with Crippen molar-refractivity contribution in [3.63, 3.8) is 0 Å². The Morgan fingerprint density at radius 2 is 2.11 bits per heavy atom. The Bertz CT molecular complexity index is 386. The van der Waals surface area contributed by atoms with E-state index in [4.69, 9.17) is 9.47 Å². The van der Waals surface area contributed by atoms with Crippen molar-refractivity contribution in [1.82, 2.24) is 4.98 Å².